The number of hydrogen-bond acceptors (Lipinski definition) is 3. The highest BCUT2D eigenvalue weighted by atomic mass is 32.2. The van der Waals surface area contributed by atoms with E-state index in [1.165, 1.54) is 0 Å². The van der Waals surface area contributed by atoms with Gasteiger partial charge in [-0.15, -0.1) is 0 Å². The van der Waals surface area contributed by atoms with Gasteiger partial charge in [-0.05, 0) is 18.9 Å². The normalized spacial score (nSPS) is 13.6. The predicted octanol–water partition coefficient (Wildman–Crippen LogP) is 0.496. The molecule has 5 heteroatoms. The van der Waals surface area contributed by atoms with Crippen LogP contribution in [0.15, 0.2) is 30.3 Å². The van der Waals surface area contributed by atoms with Crippen LogP contribution >= 0.6 is 0 Å². The maximum Gasteiger partial charge on any atom is 0.211 e. The van der Waals surface area contributed by atoms with Crippen molar-refractivity contribution in [2.45, 2.75) is 19.4 Å². The second-order valence-corrected chi connectivity index (χ2v) is 5.81. The van der Waals surface area contributed by atoms with Gasteiger partial charge in [-0.2, -0.15) is 0 Å². The van der Waals surface area contributed by atoms with Crippen molar-refractivity contribution in [1.82, 2.24) is 4.72 Å². The van der Waals surface area contributed by atoms with Gasteiger partial charge < -0.3 is 5.73 Å². The SMILES string of the molecule is CC(N)CNS(=O)(=O)CCc1ccccc1. The molecular formula is C11H18N2O2S. The molecule has 1 unspecified atom stereocenters. The molecule has 16 heavy (non-hydrogen) atoms. The van der Waals surface area contributed by atoms with Gasteiger partial charge in [0, 0.05) is 12.6 Å². The first-order valence-corrected chi connectivity index (χ1v) is 6.92. The smallest absolute Gasteiger partial charge is 0.211 e. The van der Waals surface area contributed by atoms with E-state index >= 15 is 0 Å². The van der Waals surface area contributed by atoms with Crippen molar-refractivity contribution in [2.24, 2.45) is 5.73 Å². The third-order valence-corrected chi connectivity index (χ3v) is 3.48. The number of aryl methyl sites for hydroxylation is 1. The Morgan fingerprint density at radius 2 is 1.94 bits per heavy atom. The van der Waals surface area contributed by atoms with Crippen LogP contribution in [0, 0.1) is 0 Å². The highest BCUT2D eigenvalue weighted by Crippen LogP contribution is 2.01. The van der Waals surface area contributed by atoms with E-state index in [1.54, 1.807) is 6.92 Å². The molecule has 3 N–H and O–H groups in total. The van der Waals surface area contributed by atoms with Crippen LogP contribution in [0.3, 0.4) is 0 Å². The number of rotatable bonds is 6. The summed E-state index contributed by atoms with van der Waals surface area (Å²) < 4.78 is 25.6. The Morgan fingerprint density at radius 1 is 1.31 bits per heavy atom. The molecule has 1 atom stereocenters. The molecule has 0 spiro atoms. The molecule has 1 rings (SSSR count). The van der Waals surface area contributed by atoms with Crippen molar-refractivity contribution in [3.63, 3.8) is 0 Å². The molecule has 0 heterocycles. The van der Waals surface area contributed by atoms with Crippen LogP contribution in [-0.2, 0) is 16.4 Å². The van der Waals surface area contributed by atoms with Crippen LogP contribution in [0.1, 0.15) is 12.5 Å². The highest BCUT2D eigenvalue weighted by molar-refractivity contribution is 7.89. The van der Waals surface area contributed by atoms with Gasteiger partial charge in [0.1, 0.15) is 0 Å². The Balaban J connectivity index is 2.42. The lowest BCUT2D eigenvalue weighted by atomic mass is 10.2. The van der Waals surface area contributed by atoms with Gasteiger partial charge in [0.05, 0.1) is 5.75 Å². The minimum atomic E-state index is -3.20. The summed E-state index contributed by atoms with van der Waals surface area (Å²) in [6.45, 7) is 2.05. The monoisotopic (exact) mass is 242 g/mol. The zero-order chi connectivity index (χ0) is 12.0. The highest BCUT2D eigenvalue weighted by Gasteiger charge is 2.10. The summed E-state index contributed by atoms with van der Waals surface area (Å²) in [6.07, 6.45) is 0.523. The molecule has 0 fully saturated rings. The maximum absolute atomic E-state index is 11.5. The van der Waals surface area contributed by atoms with E-state index in [4.69, 9.17) is 5.73 Å². The van der Waals surface area contributed by atoms with E-state index in [2.05, 4.69) is 4.72 Å². The van der Waals surface area contributed by atoms with Gasteiger partial charge in [0.15, 0.2) is 0 Å². The van der Waals surface area contributed by atoms with Crippen LogP contribution in [-0.4, -0.2) is 26.8 Å². The summed E-state index contributed by atoms with van der Waals surface area (Å²) >= 11 is 0. The van der Waals surface area contributed by atoms with Gasteiger partial charge in [0.2, 0.25) is 10.0 Å². The van der Waals surface area contributed by atoms with E-state index in [1.807, 2.05) is 30.3 Å². The van der Waals surface area contributed by atoms with Crippen molar-refractivity contribution < 1.29 is 8.42 Å². The lowest BCUT2D eigenvalue weighted by molar-refractivity contribution is 0.573. The number of sulfonamides is 1. The average molecular weight is 242 g/mol. The van der Waals surface area contributed by atoms with E-state index in [-0.39, 0.29) is 18.3 Å². The number of nitrogens with one attached hydrogen (secondary N) is 1. The molecule has 90 valence electrons. The van der Waals surface area contributed by atoms with Crippen molar-refractivity contribution in [2.75, 3.05) is 12.3 Å². The maximum atomic E-state index is 11.5. The summed E-state index contributed by atoms with van der Waals surface area (Å²) in [7, 11) is -3.20. The number of nitrogens with two attached hydrogens (primary N) is 1. The van der Waals surface area contributed by atoms with Crippen LogP contribution in [0.4, 0.5) is 0 Å². The van der Waals surface area contributed by atoms with E-state index in [0.29, 0.717) is 6.42 Å². The van der Waals surface area contributed by atoms with E-state index < -0.39 is 10.0 Å². The second kappa shape index (κ2) is 5.98. The number of benzene rings is 1. The van der Waals surface area contributed by atoms with Crippen LogP contribution in [0.25, 0.3) is 0 Å². The molecule has 0 aromatic heterocycles. The molecule has 0 aliphatic heterocycles. The van der Waals surface area contributed by atoms with E-state index in [9.17, 15) is 8.42 Å². The summed E-state index contributed by atoms with van der Waals surface area (Å²) in [5, 5.41) is 0. The zero-order valence-corrected chi connectivity index (χ0v) is 10.2. The van der Waals surface area contributed by atoms with Gasteiger partial charge >= 0.3 is 0 Å². The lowest BCUT2D eigenvalue weighted by Gasteiger charge is -2.08. The molecule has 0 radical (unpaired) electrons. The molecule has 0 amide bonds. The van der Waals surface area contributed by atoms with Crippen LogP contribution in [0.5, 0.6) is 0 Å². The zero-order valence-electron chi connectivity index (χ0n) is 9.39. The fourth-order valence-corrected chi connectivity index (χ4v) is 2.39. The van der Waals surface area contributed by atoms with Gasteiger partial charge in [-0.1, -0.05) is 30.3 Å². The quantitative estimate of drug-likeness (QED) is 0.763. The third kappa shape index (κ3) is 5.25. The Morgan fingerprint density at radius 3 is 2.50 bits per heavy atom. The Kier molecular flexibility index (Phi) is 4.92. The molecule has 1 aromatic rings. The standard InChI is InChI=1S/C11H18N2O2S/c1-10(12)9-13-16(14,15)8-7-11-5-3-2-4-6-11/h2-6,10,13H,7-9,12H2,1H3. The van der Waals surface area contributed by atoms with Crippen LogP contribution < -0.4 is 10.5 Å². The fraction of sp³-hybridized carbons (Fsp3) is 0.455. The Hall–Kier alpha value is -0.910. The van der Waals surface area contributed by atoms with Crippen molar-refractivity contribution in [1.29, 1.82) is 0 Å². The largest absolute Gasteiger partial charge is 0.327 e. The lowest BCUT2D eigenvalue weighted by Crippen LogP contribution is -2.36. The molecule has 0 saturated heterocycles. The average Bonchev–Trinajstić information content (AvgIpc) is 2.26. The Labute approximate surface area is 96.9 Å². The van der Waals surface area contributed by atoms with Crippen molar-refractivity contribution in [3.05, 3.63) is 35.9 Å². The Bertz CT molecular complexity index is 401. The topological polar surface area (TPSA) is 72.2 Å². The molecule has 0 aliphatic rings. The van der Waals surface area contributed by atoms with Crippen LogP contribution in [0.2, 0.25) is 0 Å². The van der Waals surface area contributed by atoms with Crippen molar-refractivity contribution in [3.8, 4) is 0 Å². The predicted molar refractivity (Wildman–Crippen MR) is 65.6 cm³/mol. The fourth-order valence-electron chi connectivity index (χ4n) is 1.23. The summed E-state index contributed by atoms with van der Waals surface area (Å²) in [4.78, 5) is 0. The first kappa shape index (κ1) is 13.2. The molecule has 0 bridgehead atoms. The van der Waals surface area contributed by atoms with E-state index in [0.717, 1.165) is 5.56 Å². The minimum absolute atomic E-state index is 0.101. The summed E-state index contributed by atoms with van der Waals surface area (Å²) in [6, 6.07) is 9.38. The summed E-state index contributed by atoms with van der Waals surface area (Å²) in [5.41, 5.74) is 6.50. The van der Waals surface area contributed by atoms with Gasteiger partial charge in [-0.3, -0.25) is 0 Å². The van der Waals surface area contributed by atoms with Gasteiger partial charge in [-0.25, -0.2) is 13.1 Å². The molecule has 1 aromatic carbocycles. The molecule has 4 nitrogen and oxygen atoms in total. The minimum Gasteiger partial charge on any atom is -0.327 e. The number of hydrogen-bond donors (Lipinski definition) is 2. The first-order chi connectivity index (χ1) is 7.49. The summed E-state index contributed by atoms with van der Waals surface area (Å²) in [5.74, 6) is 0.101. The molecule has 0 saturated carbocycles. The third-order valence-electron chi connectivity index (χ3n) is 2.13. The first-order valence-electron chi connectivity index (χ1n) is 5.26. The molecular weight excluding hydrogens is 224 g/mol. The van der Waals surface area contributed by atoms with Crippen molar-refractivity contribution >= 4 is 10.0 Å². The second-order valence-electron chi connectivity index (χ2n) is 3.88. The van der Waals surface area contributed by atoms with Gasteiger partial charge in [0.25, 0.3) is 0 Å². The molecule has 0 aliphatic carbocycles.